The van der Waals surface area contributed by atoms with Gasteiger partial charge in [0.1, 0.15) is 0 Å². The Morgan fingerprint density at radius 3 is 2.37 bits per heavy atom. The maximum Gasteiger partial charge on any atom is 0.352 e. The summed E-state index contributed by atoms with van der Waals surface area (Å²) in [5.74, 6) is 1.02. The van der Waals surface area contributed by atoms with Gasteiger partial charge in [-0.3, -0.25) is 0 Å². The molecule has 2 aromatic rings. The maximum absolute atomic E-state index is 14.7. The van der Waals surface area contributed by atoms with E-state index in [0.717, 1.165) is 44.9 Å². The molecule has 2 spiro atoms. The van der Waals surface area contributed by atoms with Crippen LogP contribution in [-0.2, 0) is 11.1 Å². The highest BCUT2D eigenvalue weighted by molar-refractivity contribution is 5.38. The van der Waals surface area contributed by atoms with Crippen molar-refractivity contribution in [2.75, 3.05) is 0 Å². The van der Waals surface area contributed by atoms with Crippen molar-refractivity contribution in [3.8, 4) is 5.69 Å². The first-order valence-corrected chi connectivity index (χ1v) is 16.5. The van der Waals surface area contributed by atoms with E-state index in [9.17, 15) is 24.9 Å². The van der Waals surface area contributed by atoms with Crippen molar-refractivity contribution in [1.82, 2.24) is 13.9 Å². The molecule has 1 aromatic heterocycles. The van der Waals surface area contributed by atoms with Gasteiger partial charge < -0.3 is 15.3 Å². The molecule has 3 heterocycles. The highest BCUT2D eigenvalue weighted by Crippen LogP contribution is 2.74. The molecule has 0 saturated heterocycles. The summed E-state index contributed by atoms with van der Waals surface area (Å²) in [6.07, 6.45) is 10.0. The summed E-state index contributed by atoms with van der Waals surface area (Å²) in [7, 11) is 0. The summed E-state index contributed by atoms with van der Waals surface area (Å²) in [4.78, 5) is 29.2. The van der Waals surface area contributed by atoms with E-state index in [1.807, 2.05) is 36.7 Å². The molecule has 4 aliphatic carbocycles. The van der Waals surface area contributed by atoms with E-state index in [1.165, 1.54) is 4.57 Å². The predicted octanol–water partition coefficient (Wildman–Crippen LogP) is 4.32. The number of aromatic nitrogens is 3. The zero-order valence-electron chi connectivity index (χ0n) is 26.4. The second-order valence-electron chi connectivity index (χ2n) is 15.9. The smallest absolute Gasteiger partial charge is 0.352 e. The van der Waals surface area contributed by atoms with Crippen LogP contribution in [0, 0.1) is 34.5 Å². The number of rotatable bonds is 6. The van der Waals surface area contributed by atoms with Gasteiger partial charge in [0.15, 0.2) is 0 Å². The first kappa shape index (κ1) is 29.3. The Morgan fingerprint density at radius 2 is 1.67 bits per heavy atom. The van der Waals surface area contributed by atoms with Crippen molar-refractivity contribution >= 4 is 0 Å². The van der Waals surface area contributed by atoms with E-state index in [-0.39, 0.29) is 29.4 Å². The van der Waals surface area contributed by atoms with Crippen molar-refractivity contribution in [3.63, 3.8) is 0 Å². The van der Waals surface area contributed by atoms with Crippen LogP contribution in [0.3, 0.4) is 0 Å². The van der Waals surface area contributed by atoms with Crippen LogP contribution in [0.25, 0.3) is 5.69 Å². The van der Waals surface area contributed by atoms with Crippen LogP contribution in [0.15, 0.2) is 52.1 Å². The molecule has 43 heavy (non-hydrogen) atoms. The lowest BCUT2D eigenvalue weighted by Crippen LogP contribution is -2.79. The van der Waals surface area contributed by atoms with Crippen molar-refractivity contribution in [2.24, 2.45) is 34.5 Å². The molecule has 2 aliphatic heterocycles. The van der Waals surface area contributed by atoms with Gasteiger partial charge in [0.25, 0.3) is 0 Å². The molecule has 0 unspecified atom stereocenters. The van der Waals surface area contributed by atoms with Crippen molar-refractivity contribution in [2.45, 2.75) is 121 Å². The lowest BCUT2D eigenvalue weighted by atomic mass is 9.40. The van der Waals surface area contributed by atoms with Crippen LogP contribution < -0.4 is 11.4 Å². The van der Waals surface area contributed by atoms with Gasteiger partial charge in [-0.15, -0.1) is 0 Å². The van der Waals surface area contributed by atoms with Crippen LogP contribution in [0.1, 0.15) is 92.4 Å². The number of hydrogen-bond acceptors (Lipinski definition) is 5. The Morgan fingerprint density at radius 1 is 0.977 bits per heavy atom. The van der Waals surface area contributed by atoms with Crippen LogP contribution in [0.5, 0.6) is 0 Å². The zero-order chi connectivity index (χ0) is 30.7. The van der Waals surface area contributed by atoms with Gasteiger partial charge in [0, 0.05) is 11.8 Å². The standard InChI is InChI=1S/C35H49N3O5/c1-22(10-9-16-31(2,3)43)25-13-14-26-32(25,4)17-15-27-33(5)28(40)20-24(39)21-34(33)18-19-35(26,27)38-30(42)36(29(41)37(34)38)23-11-7-6-8-12-23/h6-8,11-12,18-19,22,24-28,39-40,43H,9-10,13-17,20-21H2,1-5H3/t22-,24+,25-,26-,27-,28+,32-,33+,34-,35+/m1/s1. The van der Waals surface area contributed by atoms with Gasteiger partial charge in [0.05, 0.1) is 34.6 Å². The lowest BCUT2D eigenvalue weighted by molar-refractivity contribution is -0.238. The number of hydrogen-bond donors (Lipinski definition) is 3. The van der Waals surface area contributed by atoms with Crippen molar-refractivity contribution < 1.29 is 15.3 Å². The Balaban J connectivity index is 1.42. The monoisotopic (exact) mass is 591 g/mol. The fourth-order valence-corrected chi connectivity index (χ4v) is 11.5. The van der Waals surface area contributed by atoms with Gasteiger partial charge in [-0.1, -0.05) is 64.0 Å². The van der Waals surface area contributed by atoms with Gasteiger partial charge in [-0.05, 0) is 93.6 Å². The summed E-state index contributed by atoms with van der Waals surface area (Å²) in [5.41, 5.74) is -3.35. The molecule has 3 N–H and O–H groups in total. The van der Waals surface area contributed by atoms with Crippen LogP contribution >= 0.6 is 0 Å². The Kier molecular flexibility index (Phi) is 6.34. The third kappa shape index (κ3) is 3.60. The van der Waals surface area contributed by atoms with Gasteiger partial charge in [0.2, 0.25) is 0 Å². The van der Waals surface area contributed by atoms with E-state index in [4.69, 9.17) is 0 Å². The van der Waals surface area contributed by atoms with Crippen LogP contribution in [0.2, 0.25) is 0 Å². The van der Waals surface area contributed by atoms with Crippen molar-refractivity contribution in [3.05, 3.63) is 63.5 Å². The van der Waals surface area contributed by atoms with Crippen LogP contribution in [0.4, 0.5) is 0 Å². The molecule has 1 aromatic carbocycles. The fourth-order valence-electron chi connectivity index (χ4n) is 11.5. The number of benzene rings is 1. The van der Waals surface area contributed by atoms with E-state index >= 15 is 0 Å². The number of aliphatic hydroxyl groups excluding tert-OH is 2. The zero-order valence-corrected chi connectivity index (χ0v) is 26.4. The normalized spacial score (nSPS) is 41.8. The molecule has 10 atom stereocenters. The molecule has 3 saturated carbocycles. The van der Waals surface area contributed by atoms with Crippen molar-refractivity contribution in [1.29, 1.82) is 0 Å². The van der Waals surface area contributed by atoms with Crippen LogP contribution in [-0.4, -0.2) is 47.1 Å². The second-order valence-corrected chi connectivity index (χ2v) is 15.9. The van der Waals surface area contributed by atoms with E-state index in [0.29, 0.717) is 23.9 Å². The molecular formula is C35H49N3O5. The molecule has 8 nitrogen and oxygen atoms in total. The summed E-state index contributed by atoms with van der Waals surface area (Å²) < 4.78 is 4.80. The molecule has 0 radical (unpaired) electrons. The number of para-hydroxylation sites is 1. The van der Waals surface area contributed by atoms with Gasteiger partial charge in [-0.25, -0.2) is 23.5 Å². The summed E-state index contributed by atoms with van der Waals surface area (Å²) in [6.45, 7) is 10.7. The number of aliphatic hydroxyl groups is 3. The lowest BCUT2D eigenvalue weighted by Gasteiger charge is -2.72. The highest BCUT2D eigenvalue weighted by atomic mass is 16.3. The highest BCUT2D eigenvalue weighted by Gasteiger charge is 2.76. The molecule has 234 valence electrons. The maximum atomic E-state index is 14.7. The van der Waals surface area contributed by atoms with Gasteiger partial charge in [-0.2, -0.15) is 0 Å². The molecule has 3 fully saturated rings. The first-order valence-electron chi connectivity index (χ1n) is 16.5. The third-order valence-electron chi connectivity index (χ3n) is 13.4. The summed E-state index contributed by atoms with van der Waals surface area (Å²) in [5, 5.41) is 33.2. The second kappa shape index (κ2) is 9.30. The van der Waals surface area contributed by atoms with Gasteiger partial charge >= 0.3 is 11.4 Å². The average Bonchev–Trinajstić information content (AvgIpc) is 3.44. The number of fused-ring (bicyclic) bond motifs is 1. The minimum Gasteiger partial charge on any atom is -0.393 e. The SMILES string of the molecule is C[C@H](CCCC(C)(C)O)[C@H]1CC[C@@H]2[C@]1(C)CC[C@H]1[C@]23C=C[C@]2(C[C@@H](O)C[C@H](O)[C@]12C)n1c(=O)n(-c2ccccc2)c(=O)n13. The minimum absolute atomic E-state index is 0.0430. The van der Waals surface area contributed by atoms with E-state index in [2.05, 4.69) is 32.9 Å². The molecule has 6 aliphatic rings. The minimum atomic E-state index is -0.997. The summed E-state index contributed by atoms with van der Waals surface area (Å²) in [6, 6.07) is 9.15. The topological polar surface area (TPSA) is 110 Å². The molecule has 2 bridgehead atoms. The predicted molar refractivity (Wildman–Crippen MR) is 165 cm³/mol. The third-order valence-corrected chi connectivity index (χ3v) is 13.4. The largest absolute Gasteiger partial charge is 0.393 e. The van der Waals surface area contributed by atoms with E-state index < -0.39 is 40.0 Å². The molecular weight excluding hydrogens is 542 g/mol. The average molecular weight is 592 g/mol. The van der Waals surface area contributed by atoms with E-state index in [1.54, 1.807) is 16.8 Å². The number of nitrogens with zero attached hydrogens (tertiary/aromatic N) is 3. The Hall–Kier alpha value is -2.42. The Labute approximate surface area is 254 Å². The number of allylic oxidation sites excluding steroid dienone is 2. The fraction of sp³-hybridized carbons (Fsp3) is 0.714. The quantitative estimate of drug-likeness (QED) is 0.434. The first-order chi connectivity index (χ1) is 20.2. The molecule has 8 rings (SSSR count). The molecule has 0 amide bonds. The molecule has 8 heteroatoms. The Bertz CT molecular complexity index is 1570. The summed E-state index contributed by atoms with van der Waals surface area (Å²) >= 11 is 0.